The molecular formula is C28H27N3O3. The predicted molar refractivity (Wildman–Crippen MR) is 131 cm³/mol. The number of hydrogen-bond acceptors (Lipinski definition) is 6. The molecular weight excluding hydrogens is 426 g/mol. The number of aryl methyl sites for hydroxylation is 1. The van der Waals surface area contributed by atoms with Gasteiger partial charge in [-0.3, -0.25) is 4.79 Å². The second kappa shape index (κ2) is 9.23. The zero-order valence-electron chi connectivity index (χ0n) is 19.1. The van der Waals surface area contributed by atoms with E-state index in [2.05, 4.69) is 14.9 Å². The van der Waals surface area contributed by atoms with Gasteiger partial charge in [0.05, 0.1) is 5.60 Å². The molecule has 2 aromatic heterocycles. The third-order valence-corrected chi connectivity index (χ3v) is 6.48. The van der Waals surface area contributed by atoms with Crippen molar-refractivity contribution in [1.82, 2.24) is 9.97 Å². The van der Waals surface area contributed by atoms with Gasteiger partial charge < -0.3 is 14.4 Å². The second-order valence-electron chi connectivity index (χ2n) is 8.80. The first-order chi connectivity index (χ1) is 16.5. The van der Waals surface area contributed by atoms with Crippen molar-refractivity contribution in [3.05, 3.63) is 102 Å². The minimum atomic E-state index is -0.793. The molecule has 34 heavy (non-hydrogen) atoms. The zero-order chi connectivity index (χ0) is 23.5. The minimum absolute atomic E-state index is 0.0936. The van der Waals surface area contributed by atoms with Crippen molar-refractivity contribution in [2.75, 3.05) is 18.0 Å². The standard InChI is InChI=1S/C28H27N3O3/c1-20-26(30-27(34-20)22-8-4-2-5-9-22)24(32)18-21-12-13-25(29-19-21)31-16-14-28(33,15-17-31)23-10-6-3-7-11-23/h2-13,19,33H,14-18H2,1H3. The van der Waals surface area contributed by atoms with E-state index in [1.807, 2.05) is 72.8 Å². The second-order valence-corrected chi connectivity index (χ2v) is 8.80. The molecule has 1 fully saturated rings. The number of oxazole rings is 1. The van der Waals surface area contributed by atoms with Crippen LogP contribution in [-0.4, -0.2) is 33.9 Å². The lowest BCUT2D eigenvalue weighted by Crippen LogP contribution is -2.42. The number of anilines is 1. The summed E-state index contributed by atoms with van der Waals surface area (Å²) in [7, 11) is 0. The van der Waals surface area contributed by atoms with E-state index >= 15 is 0 Å². The number of benzene rings is 2. The van der Waals surface area contributed by atoms with E-state index in [0.29, 0.717) is 30.2 Å². The lowest BCUT2D eigenvalue weighted by atomic mass is 9.84. The highest BCUT2D eigenvalue weighted by Crippen LogP contribution is 2.34. The first kappa shape index (κ1) is 22.0. The van der Waals surface area contributed by atoms with Gasteiger partial charge in [-0.25, -0.2) is 9.97 Å². The molecule has 1 aliphatic heterocycles. The molecule has 0 spiro atoms. The number of hydrogen-bond donors (Lipinski definition) is 1. The van der Waals surface area contributed by atoms with Crippen LogP contribution in [0.25, 0.3) is 11.5 Å². The molecule has 0 saturated carbocycles. The molecule has 5 rings (SSSR count). The number of pyridine rings is 1. The largest absolute Gasteiger partial charge is 0.441 e. The van der Waals surface area contributed by atoms with E-state index in [0.717, 1.165) is 35.6 Å². The molecule has 6 nitrogen and oxygen atoms in total. The van der Waals surface area contributed by atoms with Crippen LogP contribution in [-0.2, 0) is 12.0 Å². The summed E-state index contributed by atoms with van der Waals surface area (Å²) in [5.41, 5.74) is 2.21. The molecule has 0 amide bonds. The molecule has 0 radical (unpaired) electrons. The van der Waals surface area contributed by atoms with Crippen LogP contribution in [0, 0.1) is 6.92 Å². The number of carbonyl (C=O) groups excluding carboxylic acids is 1. The Morgan fingerprint density at radius 1 is 1.00 bits per heavy atom. The number of nitrogens with zero attached hydrogens (tertiary/aromatic N) is 3. The van der Waals surface area contributed by atoms with Crippen molar-refractivity contribution >= 4 is 11.6 Å². The van der Waals surface area contributed by atoms with Crippen molar-refractivity contribution in [2.45, 2.75) is 31.8 Å². The molecule has 4 aromatic rings. The molecule has 2 aromatic carbocycles. The van der Waals surface area contributed by atoms with Crippen molar-refractivity contribution in [3.63, 3.8) is 0 Å². The van der Waals surface area contributed by atoms with Crippen molar-refractivity contribution in [1.29, 1.82) is 0 Å². The first-order valence-corrected chi connectivity index (χ1v) is 11.6. The van der Waals surface area contributed by atoms with E-state index in [9.17, 15) is 9.90 Å². The summed E-state index contributed by atoms with van der Waals surface area (Å²) in [5.74, 6) is 1.74. The molecule has 6 heteroatoms. The van der Waals surface area contributed by atoms with Gasteiger partial charge in [-0.15, -0.1) is 0 Å². The highest BCUT2D eigenvalue weighted by Gasteiger charge is 2.34. The summed E-state index contributed by atoms with van der Waals surface area (Å²) in [6, 6.07) is 23.3. The van der Waals surface area contributed by atoms with Gasteiger partial charge in [-0.2, -0.15) is 0 Å². The maximum atomic E-state index is 12.9. The summed E-state index contributed by atoms with van der Waals surface area (Å²) < 4.78 is 5.73. The van der Waals surface area contributed by atoms with E-state index in [4.69, 9.17) is 4.42 Å². The van der Waals surface area contributed by atoms with Gasteiger partial charge in [-0.1, -0.05) is 54.6 Å². The van der Waals surface area contributed by atoms with Crippen LogP contribution in [0.3, 0.4) is 0 Å². The van der Waals surface area contributed by atoms with Crippen LogP contribution in [0.15, 0.2) is 83.4 Å². The number of aromatic nitrogens is 2. The monoisotopic (exact) mass is 453 g/mol. The highest BCUT2D eigenvalue weighted by atomic mass is 16.4. The number of Topliss-reactive ketones (excluding diaryl/α,β-unsaturated/α-hetero) is 1. The summed E-state index contributed by atoms with van der Waals surface area (Å²) >= 11 is 0. The molecule has 1 aliphatic rings. The number of piperidine rings is 1. The van der Waals surface area contributed by atoms with E-state index in [-0.39, 0.29) is 12.2 Å². The Hall–Kier alpha value is -3.77. The summed E-state index contributed by atoms with van der Waals surface area (Å²) in [6.45, 7) is 3.20. The van der Waals surface area contributed by atoms with Gasteiger partial charge in [0.1, 0.15) is 17.3 Å². The smallest absolute Gasteiger partial charge is 0.226 e. The summed E-state index contributed by atoms with van der Waals surface area (Å²) in [4.78, 5) is 24.1. The van der Waals surface area contributed by atoms with Crippen LogP contribution in [0.4, 0.5) is 5.82 Å². The Morgan fingerprint density at radius 3 is 2.32 bits per heavy atom. The number of carbonyl (C=O) groups is 1. The lowest BCUT2D eigenvalue weighted by Gasteiger charge is -2.39. The predicted octanol–water partition coefficient (Wildman–Crippen LogP) is 4.96. The van der Waals surface area contributed by atoms with Gasteiger partial charge in [0.15, 0.2) is 5.78 Å². The maximum absolute atomic E-state index is 12.9. The Morgan fingerprint density at radius 2 is 1.68 bits per heavy atom. The van der Waals surface area contributed by atoms with Gasteiger partial charge in [0.25, 0.3) is 0 Å². The Balaban J connectivity index is 1.22. The van der Waals surface area contributed by atoms with E-state index in [1.165, 1.54) is 0 Å². The molecule has 0 bridgehead atoms. The van der Waals surface area contributed by atoms with Crippen LogP contribution in [0.1, 0.15) is 40.2 Å². The Kier molecular flexibility index (Phi) is 5.99. The van der Waals surface area contributed by atoms with Crippen LogP contribution < -0.4 is 4.90 Å². The van der Waals surface area contributed by atoms with Crippen LogP contribution in [0.5, 0.6) is 0 Å². The lowest BCUT2D eigenvalue weighted by molar-refractivity contribution is 0.0116. The Labute approximate surface area is 198 Å². The highest BCUT2D eigenvalue weighted by molar-refractivity contribution is 5.97. The number of ketones is 1. The minimum Gasteiger partial charge on any atom is -0.441 e. The molecule has 0 atom stereocenters. The number of aliphatic hydroxyl groups is 1. The summed E-state index contributed by atoms with van der Waals surface area (Å²) in [5, 5.41) is 11.1. The third kappa shape index (κ3) is 4.50. The fourth-order valence-corrected chi connectivity index (χ4v) is 4.48. The Bertz CT molecular complexity index is 1260. The van der Waals surface area contributed by atoms with Gasteiger partial charge >= 0.3 is 0 Å². The quantitative estimate of drug-likeness (QED) is 0.416. The van der Waals surface area contributed by atoms with Gasteiger partial charge in [0, 0.05) is 31.3 Å². The molecule has 1 N–H and O–H groups in total. The SMILES string of the molecule is Cc1oc(-c2ccccc2)nc1C(=O)Cc1ccc(N2CCC(O)(c3ccccc3)CC2)nc1. The first-order valence-electron chi connectivity index (χ1n) is 11.6. The van der Waals surface area contributed by atoms with Gasteiger partial charge in [0.2, 0.25) is 5.89 Å². The van der Waals surface area contributed by atoms with Gasteiger partial charge in [-0.05, 0) is 49.1 Å². The fraction of sp³-hybridized carbons (Fsp3) is 0.250. The van der Waals surface area contributed by atoms with Crippen molar-refractivity contribution in [2.24, 2.45) is 0 Å². The average Bonchev–Trinajstić information content (AvgIpc) is 3.28. The molecule has 1 saturated heterocycles. The zero-order valence-corrected chi connectivity index (χ0v) is 19.1. The maximum Gasteiger partial charge on any atom is 0.226 e. The third-order valence-electron chi connectivity index (χ3n) is 6.48. The van der Waals surface area contributed by atoms with Crippen molar-refractivity contribution < 1.29 is 14.3 Å². The van der Waals surface area contributed by atoms with Crippen molar-refractivity contribution in [3.8, 4) is 11.5 Å². The van der Waals surface area contributed by atoms with Crippen LogP contribution >= 0.6 is 0 Å². The normalized spacial score (nSPS) is 15.3. The molecule has 172 valence electrons. The molecule has 0 unspecified atom stereocenters. The fourth-order valence-electron chi connectivity index (χ4n) is 4.48. The van der Waals surface area contributed by atoms with E-state index < -0.39 is 5.60 Å². The topological polar surface area (TPSA) is 79.5 Å². The molecule has 3 heterocycles. The van der Waals surface area contributed by atoms with E-state index in [1.54, 1.807) is 13.1 Å². The molecule has 0 aliphatic carbocycles. The number of rotatable bonds is 6. The average molecular weight is 454 g/mol. The summed E-state index contributed by atoms with van der Waals surface area (Å²) in [6.07, 6.45) is 3.25. The van der Waals surface area contributed by atoms with Crippen LogP contribution in [0.2, 0.25) is 0 Å².